The van der Waals surface area contributed by atoms with Crippen LogP contribution in [0.1, 0.15) is 67.2 Å². The number of aliphatic hydroxyl groups excluding tert-OH is 1. The third-order valence-corrected chi connectivity index (χ3v) is 4.96. The van der Waals surface area contributed by atoms with Gasteiger partial charge in [0.1, 0.15) is 5.76 Å². The highest BCUT2D eigenvalue weighted by Crippen LogP contribution is 2.43. The predicted molar refractivity (Wildman–Crippen MR) is 102 cm³/mol. The lowest BCUT2D eigenvalue weighted by Gasteiger charge is -2.32. The van der Waals surface area contributed by atoms with E-state index in [9.17, 15) is 15.0 Å². The maximum atomic E-state index is 12.5. The van der Waals surface area contributed by atoms with Crippen LogP contribution in [-0.2, 0) is 4.79 Å². The van der Waals surface area contributed by atoms with Gasteiger partial charge in [0.25, 0.3) is 0 Å². The molecule has 0 radical (unpaired) electrons. The minimum Gasteiger partial charge on any atom is -0.508 e. The Morgan fingerprint density at radius 3 is 2.08 bits per heavy atom. The molecule has 0 aromatic heterocycles. The number of nitrogens with one attached hydrogen (secondary N) is 2. The maximum absolute atomic E-state index is 12.5. The molecule has 0 saturated heterocycles. The standard InChI is InChI=1S/C20H34N2O3/c1-11(2)7-9-14-17(22)16(18(23)13(5)6)19(24)20(14,25)15(21)10-8-12(3)4/h11-14,21-22,24-25H,7-10H2,1-6H3/t14-,20-/m0/s1. The molecule has 0 aliphatic heterocycles. The van der Waals surface area contributed by atoms with Crippen molar-refractivity contribution in [1.82, 2.24) is 0 Å². The molecule has 5 nitrogen and oxygen atoms in total. The monoisotopic (exact) mass is 350 g/mol. The third kappa shape index (κ3) is 4.38. The summed E-state index contributed by atoms with van der Waals surface area (Å²) in [5, 5.41) is 38.8. The predicted octanol–water partition coefficient (Wildman–Crippen LogP) is 4.30. The molecule has 25 heavy (non-hydrogen) atoms. The smallest absolute Gasteiger partial charge is 0.170 e. The van der Waals surface area contributed by atoms with Crippen molar-refractivity contribution in [2.24, 2.45) is 23.7 Å². The molecule has 0 aromatic carbocycles. The summed E-state index contributed by atoms with van der Waals surface area (Å²) in [4.78, 5) is 12.5. The van der Waals surface area contributed by atoms with Gasteiger partial charge >= 0.3 is 0 Å². The van der Waals surface area contributed by atoms with Crippen LogP contribution in [0.25, 0.3) is 0 Å². The normalized spacial score (nSPS) is 24.1. The highest BCUT2D eigenvalue weighted by molar-refractivity contribution is 6.27. The van der Waals surface area contributed by atoms with E-state index in [0.29, 0.717) is 31.1 Å². The van der Waals surface area contributed by atoms with Crippen molar-refractivity contribution in [3.63, 3.8) is 0 Å². The van der Waals surface area contributed by atoms with Crippen LogP contribution >= 0.6 is 0 Å². The molecule has 0 unspecified atom stereocenters. The van der Waals surface area contributed by atoms with Crippen LogP contribution in [0.15, 0.2) is 11.3 Å². The number of ketones is 1. The highest BCUT2D eigenvalue weighted by Gasteiger charge is 2.55. The summed E-state index contributed by atoms with van der Waals surface area (Å²) in [6.07, 6.45) is 2.28. The first kappa shape index (κ1) is 21.6. The lowest BCUT2D eigenvalue weighted by Crippen LogP contribution is -2.46. The average Bonchev–Trinajstić information content (AvgIpc) is 2.69. The van der Waals surface area contributed by atoms with Crippen LogP contribution in [0, 0.1) is 34.5 Å². The van der Waals surface area contributed by atoms with Gasteiger partial charge in [-0.25, -0.2) is 0 Å². The van der Waals surface area contributed by atoms with Gasteiger partial charge in [-0.3, -0.25) is 4.79 Å². The second kappa shape index (κ2) is 8.26. The van der Waals surface area contributed by atoms with Crippen molar-refractivity contribution in [2.45, 2.75) is 72.8 Å². The van der Waals surface area contributed by atoms with E-state index in [-0.39, 0.29) is 28.7 Å². The second-order valence-electron chi connectivity index (χ2n) is 8.36. The zero-order valence-corrected chi connectivity index (χ0v) is 16.4. The van der Waals surface area contributed by atoms with Crippen molar-refractivity contribution < 1.29 is 15.0 Å². The summed E-state index contributed by atoms with van der Waals surface area (Å²) in [7, 11) is 0. The van der Waals surface area contributed by atoms with E-state index in [1.54, 1.807) is 13.8 Å². The Morgan fingerprint density at radius 2 is 1.64 bits per heavy atom. The van der Waals surface area contributed by atoms with E-state index in [2.05, 4.69) is 13.8 Å². The zero-order chi connectivity index (χ0) is 19.5. The van der Waals surface area contributed by atoms with E-state index < -0.39 is 17.3 Å². The van der Waals surface area contributed by atoms with Gasteiger partial charge in [-0.2, -0.15) is 0 Å². The molecule has 142 valence electrons. The summed E-state index contributed by atoms with van der Waals surface area (Å²) in [5.74, 6) is -1.21. The molecule has 5 heteroatoms. The van der Waals surface area contributed by atoms with Crippen molar-refractivity contribution in [1.29, 1.82) is 10.8 Å². The van der Waals surface area contributed by atoms with Crippen molar-refractivity contribution in [3.05, 3.63) is 11.3 Å². The number of rotatable bonds is 9. The topological polar surface area (TPSA) is 105 Å². The maximum Gasteiger partial charge on any atom is 0.170 e. The number of carbonyl (C=O) groups excluding carboxylic acids is 1. The molecule has 0 heterocycles. The lowest BCUT2D eigenvalue weighted by atomic mass is 9.78. The summed E-state index contributed by atoms with van der Waals surface area (Å²) in [6.45, 7) is 11.6. The molecule has 0 bridgehead atoms. The number of allylic oxidation sites excluding steroid dienone is 1. The van der Waals surface area contributed by atoms with Crippen molar-refractivity contribution in [2.75, 3.05) is 0 Å². The first-order valence-electron chi connectivity index (χ1n) is 9.31. The number of aliphatic hydroxyl groups is 2. The number of hydrogen-bond donors (Lipinski definition) is 4. The fourth-order valence-corrected chi connectivity index (χ4v) is 3.23. The Labute approximate surface area is 151 Å². The van der Waals surface area contributed by atoms with E-state index in [4.69, 9.17) is 10.8 Å². The van der Waals surface area contributed by atoms with Crippen molar-refractivity contribution in [3.8, 4) is 0 Å². The molecule has 1 rings (SSSR count). The van der Waals surface area contributed by atoms with E-state index in [1.165, 1.54) is 0 Å². The molecule has 1 aliphatic rings. The van der Waals surface area contributed by atoms with Gasteiger partial charge in [-0.15, -0.1) is 0 Å². The van der Waals surface area contributed by atoms with E-state index in [1.807, 2.05) is 13.8 Å². The van der Waals surface area contributed by atoms with Crippen LogP contribution < -0.4 is 0 Å². The number of carbonyl (C=O) groups is 1. The summed E-state index contributed by atoms with van der Waals surface area (Å²) >= 11 is 0. The van der Waals surface area contributed by atoms with E-state index in [0.717, 1.165) is 6.42 Å². The minimum atomic E-state index is -1.92. The molecule has 0 aromatic rings. The van der Waals surface area contributed by atoms with Crippen molar-refractivity contribution >= 4 is 17.2 Å². The summed E-state index contributed by atoms with van der Waals surface area (Å²) in [5.41, 5.74) is -2.02. The Morgan fingerprint density at radius 1 is 1.12 bits per heavy atom. The molecule has 0 fully saturated rings. The van der Waals surface area contributed by atoms with Crippen LogP contribution in [0.2, 0.25) is 0 Å². The minimum absolute atomic E-state index is 0.00348. The van der Waals surface area contributed by atoms with Gasteiger partial charge < -0.3 is 21.0 Å². The summed E-state index contributed by atoms with van der Waals surface area (Å²) in [6, 6.07) is 0. The van der Waals surface area contributed by atoms with Gasteiger partial charge in [0.05, 0.1) is 11.3 Å². The zero-order valence-electron chi connectivity index (χ0n) is 16.4. The first-order valence-corrected chi connectivity index (χ1v) is 9.31. The highest BCUT2D eigenvalue weighted by atomic mass is 16.3. The fourth-order valence-electron chi connectivity index (χ4n) is 3.23. The molecule has 2 atom stereocenters. The quantitative estimate of drug-likeness (QED) is 0.466. The Kier molecular flexibility index (Phi) is 7.12. The molecule has 0 saturated carbocycles. The van der Waals surface area contributed by atoms with Crippen LogP contribution in [-0.4, -0.2) is 33.0 Å². The van der Waals surface area contributed by atoms with Gasteiger partial charge in [-0.05, 0) is 31.1 Å². The average molecular weight is 351 g/mol. The first-order chi connectivity index (χ1) is 11.4. The Balaban J connectivity index is 3.30. The Hall–Kier alpha value is -1.49. The molecule has 1 aliphatic carbocycles. The van der Waals surface area contributed by atoms with Gasteiger partial charge in [0.15, 0.2) is 11.4 Å². The number of Topliss-reactive ketones (excluding diaryl/α,β-unsaturated/α-hetero) is 1. The Bertz CT molecular complexity index is 575. The fraction of sp³-hybridized carbons (Fsp3) is 0.750. The third-order valence-electron chi connectivity index (χ3n) is 4.96. The van der Waals surface area contributed by atoms with Gasteiger partial charge in [0.2, 0.25) is 0 Å². The largest absolute Gasteiger partial charge is 0.508 e. The SMILES string of the molecule is CC(C)CCC(=N)[C@]1(O)C(O)=C(C(=O)C(C)C)C(=N)[C@@H]1CCC(C)C. The molecular formula is C20H34N2O3. The van der Waals surface area contributed by atoms with Gasteiger partial charge in [0, 0.05) is 17.5 Å². The molecule has 0 spiro atoms. The second-order valence-corrected chi connectivity index (χ2v) is 8.36. The number of hydrogen-bond acceptors (Lipinski definition) is 5. The van der Waals surface area contributed by atoms with Crippen LogP contribution in [0.3, 0.4) is 0 Å². The summed E-state index contributed by atoms with van der Waals surface area (Å²) < 4.78 is 0. The van der Waals surface area contributed by atoms with Crippen LogP contribution in [0.4, 0.5) is 0 Å². The van der Waals surface area contributed by atoms with Gasteiger partial charge in [-0.1, -0.05) is 48.0 Å². The molecule has 4 N–H and O–H groups in total. The lowest BCUT2D eigenvalue weighted by molar-refractivity contribution is -0.118. The molecular weight excluding hydrogens is 316 g/mol. The van der Waals surface area contributed by atoms with Crippen LogP contribution in [0.5, 0.6) is 0 Å². The van der Waals surface area contributed by atoms with E-state index >= 15 is 0 Å². The molecule has 0 amide bonds.